The lowest BCUT2D eigenvalue weighted by molar-refractivity contribution is 0.164. The van der Waals surface area contributed by atoms with E-state index in [9.17, 15) is 5.11 Å². The molecule has 1 fully saturated rings. The van der Waals surface area contributed by atoms with Gasteiger partial charge in [0.2, 0.25) is 11.7 Å². The summed E-state index contributed by atoms with van der Waals surface area (Å²) in [4.78, 5) is 4.46. The van der Waals surface area contributed by atoms with Crippen molar-refractivity contribution >= 4 is 27.7 Å². The Labute approximate surface area is 130 Å². The van der Waals surface area contributed by atoms with E-state index >= 15 is 0 Å². The lowest BCUT2D eigenvalue weighted by Crippen LogP contribution is -2.15. The highest BCUT2D eigenvalue weighted by atomic mass is 79.9. The molecule has 0 amide bonds. The molecule has 106 valence electrons. The minimum atomic E-state index is -0.387. The third kappa shape index (κ3) is 2.52. The van der Waals surface area contributed by atoms with Gasteiger partial charge >= 0.3 is 0 Å². The van der Waals surface area contributed by atoms with Crippen molar-refractivity contribution in [3.63, 3.8) is 0 Å². The third-order valence-corrected chi connectivity index (χ3v) is 5.93. The lowest BCUT2D eigenvalue weighted by atomic mass is 10.1. The molecule has 2 heterocycles. The number of aliphatic hydroxyl groups excluding tert-OH is 1. The molecule has 3 rings (SSSR count). The second-order valence-corrected chi connectivity index (χ2v) is 6.96. The van der Waals surface area contributed by atoms with Crippen LogP contribution in [0.3, 0.4) is 0 Å². The first kappa shape index (κ1) is 14.1. The molecular formula is C14H15BrN2O2S. The summed E-state index contributed by atoms with van der Waals surface area (Å²) in [5.74, 6) is 2.65. The van der Waals surface area contributed by atoms with Crippen molar-refractivity contribution in [2.45, 2.75) is 25.9 Å². The third-order valence-electron chi connectivity index (χ3n) is 3.50. The highest BCUT2D eigenvalue weighted by molar-refractivity contribution is 9.10. The van der Waals surface area contributed by atoms with E-state index in [0.717, 1.165) is 32.7 Å². The monoisotopic (exact) mass is 354 g/mol. The number of benzene rings is 1. The molecule has 1 aliphatic heterocycles. The minimum absolute atomic E-state index is 0.0427. The van der Waals surface area contributed by atoms with Crippen LogP contribution in [0, 0.1) is 13.8 Å². The highest BCUT2D eigenvalue weighted by Crippen LogP contribution is 2.33. The van der Waals surface area contributed by atoms with E-state index in [2.05, 4.69) is 26.1 Å². The summed E-state index contributed by atoms with van der Waals surface area (Å²) in [7, 11) is 0. The van der Waals surface area contributed by atoms with Gasteiger partial charge in [0.25, 0.3) is 0 Å². The summed E-state index contributed by atoms with van der Waals surface area (Å²) in [6.07, 6.45) is -0.387. The van der Waals surface area contributed by atoms with Gasteiger partial charge in [0.05, 0.1) is 12.0 Å². The lowest BCUT2D eigenvalue weighted by Gasteiger charge is -2.07. The molecule has 6 heteroatoms. The van der Waals surface area contributed by atoms with Crippen LogP contribution in [0.25, 0.3) is 11.4 Å². The Bertz CT molecular complexity index is 621. The van der Waals surface area contributed by atoms with Gasteiger partial charge in [-0.25, -0.2) is 0 Å². The summed E-state index contributed by atoms with van der Waals surface area (Å²) >= 11 is 5.27. The normalized spacial score (nSPS) is 22.4. The van der Waals surface area contributed by atoms with Crippen molar-refractivity contribution in [2.24, 2.45) is 0 Å². The van der Waals surface area contributed by atoms with E-state index in [0.29, 0.717) is 11.7 Å². The van der Waals surface area contributed by atoms with Crippen molar-refractivity contribution in [3.8, 4) is 11.4 Å². The van der Waals surface area contributed by atoms with Gasteiger partial charge in [-0.05, 0) is 37.1 Å². The van der Waals surface area contributed by atoms with Crippen molar-refractivity contribution in [3.05, 3.63) is 33.6 Å². The topological polar surface area (TPSA) is 59.2 Å². The number of hydrogen-bond acceptors (Lipinski definition) is 5. The molecule has 1 aromatic heterocycles. The second kappa shape index (κ2) is 5.50. The van der Waals surface area contributed by atoms with E-state index in [-0.39, 0.29) is 12.0 Å². The Balaban J connectivity index is 1.94. The van der Waals surface area contributed by atoms with Crippen LogP contribution >= 0.6 is 27.7 Å². The fourth-order valence-corrected chi connectivity index (χ4v) is 3.81. The molecule has 2 unspecified atom stereocenters. The van der Waals surface area contributed by atoms with Crippen molar-refractivity contribution in [1.82, 2.24) is 10.1 Å². The molecule has 2 atom stereocenters. The van der Waals surface area contributed by atoms with Gasteiger partial charge in [-0.1, -0.05) is 21.1 Å². The number of rotatable bonds is 2. The number of aryl methyl sites for hydroxylation is 2. The van der Waals surface area contributed by atoms with E-state index in [1.54, 1.807) is 11.8 Å². The summed E-state index contributed by atoms with van der Waals surface area (Å²) < 4.78 is 6.44. The maximum absolute atomic E-state index is 9.89. The zero-order valence-electron chi connectivity index (χ0n) is 11.3. The predicted octanol–water partition coefficient (Wildman–Crippen LogP) is 3.31. The Hall–Kier alpha value is -0.850. The SMILES string of the molecule is Cc1cc(-c2noc(C3CSCC3O)n2)cc(C)c1Br. The molecular weight excluding hydrogens is 340 g/mol. The van der Waals surface area contributed by atoms with Gasteiger partial charge in [0.15, 0.2) is 0 Å². The van der Waals surface area contributed by atoms with Crippen LogP contribution in [-0.4, -0.2) is 32.9 Å². The molecule has 1 saturated heterocycles. The van der Waals surface area contributed by atoms with Crippen LogP contribution in [-0.2, 0) is 0 Å². The Morgan fingerprint density at radius 1 is 1.30 bits per heavy atom. The molecule has 2 aromatic rings. The first-order valence-electron chi connectivity index (χ1n) is 6.43. The molecule has 0 bridgehead atoms. The maximum Gasteiger partial charge on any atom is 0.233 e. The zero-order valence-corrected chi connectivity index (χ0v) is 13.7. The number of hydrogen-bond donors (Lipinski definition) is 1. The van der Waals surface area contributed by atoms with Gasteiger partial charge in [0.1, 0.15) is 0 Å². The van der Waals surface area contributed by atoms with Gasteiger partial charge in [0, 0.05) is 21.5 Å². The Kier molecular flexibility index (Phi) is 3.88. The van der Waals surface area contributed by atoms with Gasteiger partial charge in [-0.15, -0.1) is 0 Å². The van der Waals surface area contributed by atoms with Gasteiger partial charge in [-0.3, -0.25) is 0 Å². The van der Waals surface area contributed by atoms with E-state index < -0.39 is 0 Å². The van der Waals surface area contributed by atoms with Crippen LogP contribution in [0.4, 0.5) is 0 Å². The van der Waals surface area contributed by atoms with Crippen LogP contribution in [0.1, 0.15) is 22.9 Å². The van der Waals surface area contributed by atoms with Crippen molar-refractivity contribution in [1.29, 1.82) is 0 Å². The molecule has 0 saturated carbocycles. The zero-order chi connectivity index (χ0) is 14.3. The average Bonchev–Trinajstić information content (AvgIpc) is 3.03. The summed E-state index contributed by atoms with van der Waals surface area (Å²) in [5, 5.41) is 13.9. The smallest absolute Gasteiger partial charge is 0.233 e. The van der Waals surface area contributed by atoms with Gasteiger partial charge < -0.3 is 9.63 Å². The quantitative estimate of drug-likeness (QED) is 0.896. The molecule has 1 aliphatic rings. The average molecular weight is 355 g/mol. The highest BCUT2D eigenvalue weighted by Gasteiger charge is 2.32. The van der Waals surface area contributed by atoms with Crippen LogP contribution in [0.2, 0.25) is 0 Å². The number of halogens is 1. The summed E-state index contributed by atoms with van der Waals surface area (Å²) in [6.45, 7) is 4.08. The van der Waals surface area contributed by atoms with E-state index in [4.69, 9.17) is 4.52 Å². The Morgan fingerprint density at radius 3 is 2.60 bits per heavy atom. The molecule has 0 radical (unpaired) electrons. The van der Waals surface area contributed by atoms with Crippen LogP contribution < -0.4 is 0 Å². The van der Waals surface area contributed by atoms with Crippen molar-refractivity contribution in [2.75, 3.05) is 11.5 Å². The molecule has 0 spiro atoms. The van der Waals surface area contributed by atoms with Crippen molar-refractivity contribution < 1.29 is 9.63 Å². The maximum atomic E-state index is 9.89. The fraction of sp³-hybridized carbons (Fsp3) is 0.429. The van der Waals surface area contributed by atoms with Gasteiger partial charge in [-0.2, -0.15) is 16.7 Å². The second-order valence-electron chi connectivity index (χ2n) is 5.09. The number of aliphatic hydroxyl groups is 1. The minimum Gasteiger partial charge on any atom is -0.391 e. The first-order chi connectivity index (χ1) is 9.56. The van der Waals surface area contributed by atoms with Crippen LogP contribution in [0.5, 0.6) is 0 Å². The summed E-state index contributed by atoms with van der Waals surface area (Å²) in [5.41, 5.74) is 3.23. The number of aromatic nitrogens is 2. The van der Waals surface area contributed by atoms with E-state index in [1.165, 1.54) is 0 Å². The molecule has 4 nitrogen and oxygen atoms in total. The van der Waals surface area contributed by atoms with E-state index in [1.807, 2.05) is 26.0 Å². The molecule has 0 aliphatic carbocycles. The molecule has 1 aromatic carbocycles. The molecule has 1 N–H and O–H groups in total. The van der Waals surface area contributed by atoms with Crippen LogP contribution in [0.15, 0.2) is 21.1 Å². The summed E-state index contributed by atoms with van der Waals surface area (Å²) in [6, 6.07) is 4.07. The standard InChI is InChI=1S/C14H15BrN2O2S/c1-7-3-9(4-8(2)12(7)15)13-16-14(19-17-13)10-5-20-6-11(10)18/h3-4,10-11,18H,5-6H2,1-2H3. The number of thioether (sulfide) groups is 1. The first-order valence-corrected chi connectivity index (χ1v) is 8.37. The largest absolute Gasteiger partial charge is 0.391 e. The predicted molar refractivity (Wildman–Crippen MR) is 83.0 cm³/mol. The number of nitrogens with zero attached hydrogens (tertiary/aromatic N) is 2. The Morgan fingerprint density at radius 2 is 2.00 bits per heavy atom. The molecule has 20 heavy (non-hydrogen) atoms. The fourth-order valence-electron chi connectivity index (χ4n) is 2.36.